The van der Waals surface area contributed by atoms with Crippen molar-refractivity contribution in [2.75, 3.05) is 33.4 Å². The monoisotopic (exact) mass is 282 g/mol. The lowest BCUT2D eigenvalue weighted by molar-refractivity contribution is 0.101. The Kier molecular flexibility index (Phi) is 6.79. The molecule has 0 aromatic rings. The van der Waals surface area contributed by atoms with Crippen molar-refractivity contribution >= 4 is 0 Å². The quantitative estimate of drug-likeness (QED) is 0.777. The number of nitrogens with one attached hydrogen (secondary N) is 1. The Morgan fingerprint density at radius 2 is 2.00 bits per heavy atom. The minimum atomic E-state index is 0.717. The van der Waals surface area contributed by atoms with E-state index >= 15 is 0 Å². The number of hydrogen-bond donors (Lipinski definition) is 1. The molecule has 0 amide bonds. The predicted octanol–water partition coefficient (Wildman–Crippen LogP) is 2.90. The predicted molar refractivity (Wildman–Crippen MR) is 85.1 cm³/mol. The van der Waals surface area contributed by atoms with Crippen LogP contribution >= 0.6 is 0 Å². The molecule has 1 aliphatic heterocycles. The van der Waals surface area contributed by atoms with E-state index in [4.69, 9.17) is 4.74 Å². The first kappa shape index (κ1) is 16.3. The molecule has 20 heavy (non-hydrogen) atoms. The molecule has 1 heterocycles. The van der Waals surface area contributed by atoms with Crippen molar-refractivity contribution in [2.45, 2.75) is 64.5 Å². The van der Waals surface area contributed by atoms with Crippen LogP contribution in [0.1, 0.15) is 52.4 Å². The van der Waals surface area contributed by atoms with E-state index in [1.165, 1.54) is 51.6 Å². The van der Waals surface area contributed by atoms with E-state index in [-0.39, 0.29) is 0 Å². The standard InChI is InChI=1S/C17H34N2O/c1-4-6-14-7-8-16(18-5-2)17(11-14)19-10-9-15(12-19)13-20-3/h14-18H,4-13H2,1-3H3. The van der Waals surface area contributed by atoms with Gasteiger partial charge in [-0.05, 0) is 50.6 Å². The fraction of sp³-hybridized carbons (Fsp3) is 1.00. The normalized spacial score (nSPS) is 35.5. The van der Waals surface area contributed by atoms with Crippen LogP contribution in [0.2, 0.25) is 0 Å². The average Bonchev–Trinajstić information content (AvgIpc) is 2.90. The molecule has 1 N–H and O–H groups in total. The maximum absolute atomic E-state index is 5.35. The van der Waals surface area contributed by atoms with E-state index in [0.29, 0.717) is 0 Å². The van der Waals surface area contributed by atoms with E-state index in [2.05, 4.69) is 24.1 Å². The van der Waals surface area contributed by atoms with Crippen molar-refractivity contribution in [1.82, 2.24) is 10.2 Å². The number of methoxy groups -OCH3 is 1. The second-order valence-electron chi connectivity index (χ2n) is 6.80. The third-order valence-electron chi connectivity index (χ3n) is 5.28. The number of likely N-dealkylation sites (tertiary alicyclic amines) is 1. The Morgan fingerprint density at radius 3 is 2.70 bits per heavy atom. The Bertz CT molecular complexity index is 272. The van der Waals surface area contributed by atoms with Crippen LogP contribution in [-0.4, -0.2) is 50.3 Å². The Hall–Kier alpha value is -0.120. The van der Waals surface area contributed by atoms with Crippen LogP contribution < -0.4 is 5.32 Å². The van der Waals surface area contributed by atoms with E-state index in [9.17, 15) is 0 Å². The highest BCUT2D eigenvalue weighted by molar-refractivity contribution is 4.93. The molecule has 2 aliphatic rings. The van der Waals surface area contributed by atoms with E-state index in [1.807, 2.05) is 7.11 Å². The summed E-state index contributed by atoms with van der Waals surface area (Å²) in [6, 6.07) is 1.48. The van der Waals surface area contributed by atoms with Crippen LogP contribution in [0.25, 0.3) is 0 Å². The first-order chi connectivity index (χ1) is 9.78. The van der Waals surface area contributed by atoms with Crippen LogP contribution in [0, 0.1) is 11.8 Å². The van der Waals surface area contributed by atoms with Gasteiger partial charge in [0.05, 0.1) is 6.61 Å². The summed E-state index contributed by atoms with van der Waals surface area (Å²) in [4.78, 5) is 2.76. The van der Waals surface area contributed by atoms with Crippen molar-refractivity contribution in [3.63, 3.8) is 0 Å². The number of rotatable bonds is 7. The van der Waals surface area contributed by atoms with Gasteiger partial charge in [-0.1, -0.05) is 26.7 Å². The van der Waals surface area contributed by atoms with Crippen LogP contribution in [-0.2, 0) is 4.74 Å². The zero-order chi connectivity index (χ0) is 14.4. The maximum atomic E-state index is 5.35. The van der Waals surface area contributed by atoms with Crippen LogP contribution in [0.4, 0.5) is 0 Å². The summed E-state index contributed by atoms with van der Waals surface area (Å²) in [5, 5.41) is 3.75. The third kappa shape index (κ3) is 4.19. The highest BCUT2D eigenvalue weighted by atomic mass is 16.5. The summed E-state index contributed by atoms with van der Waals surface area (Å²) in [5.41, 5.74) is 0. The third-order valence-corrected chi connectivity index (χ3v) is 5.28. The van der Waals surface area contributed by atoms with E-state index < -0.39 is 0 Å². The minimum absolute atomic E-state index is 0.717. The largest absolute Gasteiger partial charge is 0.384 e. The lowest BCUT2D eigenvalue weighted by Crippen LogP contribution is -2.52. The van der Waals surface area contributed by atoms with Gasteiger partial charge in [0.2, 0.25) is 0 Å². The van der Waals surface area contributed by atoms with Gasteiger partial charge in [-0.25, -0.2) is 0 Å². The van der Waals surface area contributed by atoms with Crippen molar-refractivity contribution in [1.29, 1.82) is 0 Å². The minimum Gasteiger partial charge on any atom is -0.384 e. The summed E-state index contributed by atoms with van der Waals surface area (Å²) < 4.78 is 5.35. The molecule has 0 bridgehead atoms. The van der Waals surface area contributed by atoms with Gasteiger partial charge in [-0.3, -0.25) is 4.90 Å². The number of likely N-dealkylation sites (N-methyl/N-ethyl adjacent to an activating group) is 1. The van der Waals surface area contributed by atoms with Gasteiger partial charge >= 0.3 is 0 Å². The SMILES string of the molecule is CCCC1CCC(NCC)C(N2CCC(COC)C2)C1. The zero-order valence-corrected chi connectivity index (χ0v) is 13.7. The number of nitrogens with zero attached hydrogens (tertiary/aromatic N) is 1. The summed E-state index contributed by atoms with van der Waals surface area (Å²) in [7, 11) is 1.84. The molecule has 0 aromatic heterocycles. The molecule has 2 fully saturated rings. The molecule has 1 aliphatic carbocycles. The number of hydrogen-bond acceptors (Lipinski definition) is 3. The Balaban J connectivity index is 1.92. The lowest BCUT2D eigenvalue weighted by Gasteiger charge is -2.42. The molecule has 1 saturated heterocycles. The summed E-state index contributed by atoms with van der Waals surface area (Å²) in [5.74, 6) is 1.72. The molecule has 2 rings (SSSR count). The summed E-state index contributed by atoms with van der Waals surface area (Å²) >= 11 is 0. The molecule has 0 aromatic carbocycles. The van der Waals surface area contributed by atoms with E-state index in [1.54, 1.807) is 0 Å². The summed E-state index contributed by atoms with van der Waals surface area (Å²) in [6.07, 6.45) is 8.29. The highest BCUT2D eigenvalue weighted by Crippen LogP contribution is 2.33. The van der Waals surface area contributed by atoms with Crippen LogP contribution in [0.3, 0.4) is 0 Å². The molecule has 3 heteroatoms. The van der Waals surface area contributed by atoms with Crippen molar-refractivity contribution in [3.05, 3.63) is 0 Å². The van der Waals surface area contributed by atoms with Crippen molar-refractivity contribution in [3.8, 4) is 0 Å². The van der Waals surface area contributed by atoms with Gasteiger partial charge in [-0.2, -0.15) is 0 Å². The first-order valence-corrected chi connectivity index (χ1v) is 8.74. The molecule has 118 valence electrons. The molecule has 1 saturated carbocycles. The summed E-state index contributed by atoms with van der Waals surface area (Å²) in [6.45, 7) is 9.14. The van der Waals surface area contributed by atoms with Crippen LogP contribution in [0.5, 0.6) is 0 Å². The fourth-order valence-corrected chi connectivity index (χ4v) is 4.34. The van der Waals surface area contributed by atoms with Crippen LogP contribution in [0.15, 0.2) is 0 Å². The Morgan fingerprint density at radius 1 is 1.15 bits per heavy atom. The Labute approximate surface area is 125 Å². The topological polar surface area (TPSA) is 24.5 Å². The van der Waals surface area contributed by atoms with Gasteiger partial charge in [0.15, 0.2) is 0 Å². The second-order valence-corrected chi connectivity index (χ2v) is 6.80. The molecule has 0 spiro atoms. The van der Waals surface area contributed by atoms with E-state index in [0.717, 1.165) is 37.1 Å². The van der Waals surface area contributed by atoms with Gasteiger partial charge in [0.1, 0.15) is 0 Å². The second kappa shape index (κ2) is 8.35. The smallest absolute Gasteiger partial charge is 0.0503 e. The molecular formula is C17H34N2O. The highest BCUT2D eigenvalue weighted by Gasteiger charge is 2.36. The van der Waals surface area contributed by atoms with Gasteiger partial charge < -0.3 is 10.1 Å². The molecule has 3 nitrogen and oxygen atoms in total. The molecular weight excluding hydrogens is 248 g/mol. The van der Waals surface area contributed by atoms with Crippen molar-refractivity contribution in [2.24, 2.45) is 11.8 Å². The molecule has 4 atom stereocenters. The van der Waals surface area contributed by atoms with Gasteiger partial charge in [0.25, 0.3) is 0 Å². The number of ether oxygens (including phenoxy) is 1. The van der Waals surface area contributed by atoms with Gasteiger partial charge in [0, 0.05) is 25.7 Å². The van der Waals surface area contributed by atoms with Gasteiger partial charge in [-0.15, -0.1) is 0 Å². The first-order valence-electron chi connectivity index (χ1n) is 8.74. The zero-order valence-electron chi connectivity index (χ0n) is 13.7. The fourth-order valence-electron chi connectivity index (χ4n) is 4.34. The average molecular weight is 282 g/mol. The van der Waals surface area contributed by atoms with Crippen molar-refractivity contribution < 1.29 is 4.74 Å². The molecule has 0 radical (unpaired) electrons. The maximum Gasteiger partial charge on any atom is 0.0503 e. The lowest BCUT2D eigenvalue weighted by atomic mass is 9.79. The molecule has 4 unspecified atom stereocenters.